The van der Waals surface area contributed by atoms with Crippen LogP contribution >= 0.6 is 0 Å². The lowest BCUT2D eigenvalue weighted by Crippen LogP contribution is -2.34. The molecule has 4 heteroatoms. The van der Waals surface area contributed by atoms with Crippen LogP contribution in [0.3, 0.4) is 0 Å². The Bertz CT molecular complexity index is 954. The summed E-state index contributed by atoms with van der Waals surface area (Å²) >= 11 is 0. The van der Waals surface area contributed by atoms with Crippen LogP contribution in [0.1, 0.15) is 23.7 Å². The summed E-state index contributed by atoms with van der Waals surface area (Å²) < 4.78 is 5.44. The predicted octanol–water partition coefficient (Wildman–Crippen LogP) is 4.16. The van der Waals surface area contributed by atoms with Gasteiger partial charge in [-0.3, -0.25) is 4.79 Å². The Labute approximate surface area is 153 Å². The Morgan fingerprint density at radius 1 is 1.19 bits per heavy atom. The lowest BCUT2D eigenvalue weighted by atomic mass is 10.0. The Hall–Kier alpha value is -3.01. The Morgan fingerprint density at radius 2 is 2.00 bits per heavy atom. The van der Waals surface area contributed by atoms with Gasteiger partial charge in [0.2, 0.25) is 5.91 Å². The minimum absolute atomic E-state index is 0.0508. The second-order valence-electron chi connectivity index (χ2n) is 6.47. The van der Waals surface area contributed by atoms with Crippen LogP contribution in [0.5, 0.6) is 5.75 Å². The van der Waals surface area contributed by atoms with Gasteiger partial charge in [-0.2, -0.15) is 0 Å². The highest BCUT2D eigenvalue weighted by Crippen LogP contribution is 2.27. The van der Waals surface area contributed by atoms with Crippen LogP contribution in [0.15, 0.2) is 54.6 Å². The number of rotatable bonds is 4. The Balaban J connectivity index is 1.47. The van der Waals surface area contributed by atoms with E-state index in [1.807, 2.05) is 54.3 Å². The van der Waals surface area contributed by atoms with Gasteiger partial charge in [-0.25, -0.2) is 0 Å². The molecule has 4 rings (SSSR count). The molecule has 1 aliphatic heterocycles. The molecule has 0 aliphatic carbocycles. The molecular weight excluding hydrogens is 324 g/mol. The molecule has 1 amide bonds. The largest absolute Gasteiger partial charge is 0.494 e. The smallest absolute Gasteiger partial charge is 0.246 e. The van der Waals surface area contributed by atoms with Crippen molar-refractivity contribution in [1.29, 1.82) is 0 Å². The quantitative estimate of drug-likeness (QED) is 0.721. The first kappa shape index (κ1) is 16.5. The summed E-state index contributed by atoms with van der Waals surface area (Å²) in [6.07, 6.45) is 4.39. The fourth-order valence-electron chi connectivity index (χ4n) is 3.47. The van der Waals surface area contributed by atoms with E-state index in [9.17, 15) is 4.79 Å². The zero-order chi connectivity index (χ0) is 17.9. The van der Waals surface area contributed by atoms with Crippen molar-refractivity contribution in [3.63, 3.8) is 0 Å². The number of H-pyrrole nitrogens is 1. The third kappa shape index (κ3) is 3.23. The van der Waals surface area contributed by atoms with Gasteiger partial charge in [-0.15, -0.1) is 0 Å². The van der Waals surface area contributed by atoms with E-state index in [0.29, 0.717) is 13.2 Å². The summed E-state index contributed by atoms with van der Waals surface area (Å²) in [6.45, 7) is 4.01. The van der Waals surface area contributed by atoms with Crippen molar-refractivity contribution in [2.75, 3.05) is 13.2 Å². The fraction of sp³-hybridized carbons (Fsp3) is 0.227. The van der Waals surface area contributed by atoms with Crippen LogP contribution in [0.25, 0.3) is 17.0 Å². The number of hydrogen-bond acceptors (Lipinski definition) is 2. The van der Waals surface area contributed by atoms with E-state index >= 15 is 0 Å². The molecule has 0 bridgehead atoms. The van der Waals surface area contributed by atoms with E-state index < -0.39 is 0 Å². The lowest BCUT2D eigenvalue weighted by molar-refractivity contribution is -0.126. The third-order valence-corrected chi connectivity index (χ3v) is 4.80. The monoisotopic (exact) mass is 346 g/mol. The van der Waals surface area contributed by atoms with Crippen LogP contribution in [0.4, 0.5) is 0 Å². The normalized spacial score (nSPS) is 14.0. The third-order valence-electron chi connectivity index (χ3n) is 4.80. The molecule has 0 unspecified atom stereocenters. The molecule has 1 N–H and O–H groups in total. The van der Waals surface area contributed by atoms with Crippen LogP contribution in [-0.4, -0.2) is 28.9 Å². The summed E-state index contributed by atoms with van der Waals surface area (Å²) in [4.78, 5) is 18.0. The van der Waals surface area contributed by atoms with Crippen molar-refractivity contribution in [1.82, 2.24) is 9.88 Å². The number of hydrogen-bond donors (Lipinski definition) is 1. The number of ether oxygens (including phenoxy) is 1. The van der Waals surface area contributed by atoms with Gasteiger partial charge in [0.05, 0.1) is 6.61 Å². The van der Waals surface area contributed by atoms with Crippen molar-refractivity contribution in [2.45, 2.75) is 19.9 Å². The molecule has 4 nitrogen and oxygen atoms in total. The van der Waals surface area contributed by atoms with Crippen molar-refractivity contribution in [2.24, 2.45) is 0 Å². The number of aromatic nitrogens is 1. The Morgan fingerprint density at radius 3 is 2.81 bits per heavy atom. The second kappa shape index (κ2) is 7.08. The molecule has 26 heavy (non-hydrogen) atoms. The van der Waals surface area contributed by atoms with Gasteiger partial charge in [0.25, 0.3) is 0 Å². The van der Waals surface area contributed by atoms with Gasteiger partial charge in [-0.1, -0.05) is 30.3 Å². The van der Waals surface area contributed by atoms with E-state index in [2.05, 4.69) is 17.1 Å². The summed E-state index contributed by atoms with van der Waals surface area (Å²) in [5.41, 5.74) is 4.64. The molecule has 132 valence electrons. The van der Waals surface area contributed by atoms with E-state index in [1.54, 1.807) is 6.08 Å². The van der Waals surface area contributed by atoms with E-state index in [0.717, 1.165) is 29.8 Å². The molecule has 0 spiro atoms. The molecule has 0 atom stereocenters. The van der Waals surface area contributed by atoms with E-state index in [4.69, 9.17) is 4.74 Å². The summed E-state index contributed by atoms with van der Waals surface area (Å²) in [6, 6.07) is 16.1. The number of fused-ring (bicyclic) bond motifs is 3. The molecule has 1 aliphatic rings. The van der Waals surface area contributed by atoms with E-state index in [1.165, 1.54) is 16.6 Å². The number of aromatic amines is 1. The van der Waals surface area contributed by atoms with Crippen LogP contribution in [0.2, 0.25) is 0 Å². The second-order valence-corrected chi connectivity index (χ2v) is 6.47. The first-order valence-electron chi connectivity index (χ1n) is 9.03. The maximum absolute atomic E-state index is 12.6. The van der Waals surface area contributed by atoms with Gasteiger partial charge < -0.3 is 14.6 Å². The summed E-state index contributed by atoms with van der Waals surface area (Å²) in [5.74, 6) is 0.897. The fourth-order valence-corrected chi connectivity index (χ4v) is 3.47. The standard InChI is InChI=1S/C22H22N2O2/c1-2-26-17-10-7-16(8-11-17)9-12-22(25)24-14-13-21-19(15-24)18-5-3-4-6-20(18)23-21/h3-12,23H,2,13-15H2,1H3/b12-9+. The first-order chi connectivity index (χ1) is 12.7. The zero-order valence-corrected chi connectivity index (χ0v) is 14.9. The van der Waals surface area contributed by atoms with Gasteiger partial charge in [0.15, 0.2) is 0 Å². The number of carbonyl (C=O) groups excluding carboxylic acids is 1. The average Bonchev–Trinajstić information content (AvgIpc) is 3.05. The van der Waals surface area contributed by atoms with Gasteiger partial charge >= 0.3 is 0 Å². The molecule has 0 fully saturated rings. The van der Waals surface area contributed by atoms with Gasteiger partial charge in [0.1, 0.15) is 5.75 Å². The predicted molar refractivity (Wildman–Crippen MR) is 104 cm³/mol. The maximum Gasteiger partial charge on any atom is 0.246 e. The number of nitrogens with one attached hydrogen (secondary N) is 1. The zero-order valence-electron chi connectivity index (χ0n) is 14.9. The number of benzene rings is 2. The highest BCUT2D eigenvalue weighted by Gasteiger charge is 2.22. The lowest BCUT2D eigenvalue weighted by Gasteiger charge is -2.26. The topological polar surface area (TPSA) is 45.3 Å². The summed E-state index contributed by atoms with van der Waals surface area (Å²) in [5, 5.41) is 1.22. The van der Waals surface area contributed by atoms with Crippen molar-refractivity contribution in [3.05, 3.63) is 71.4 Å². The molecule has 0 saturated heterocycles. The van der Waals surface area contributed by atoms with Crippen molar-refractivity contribution >= 4 is 22.9 Å². The summed E-state index contributed by atoms with van der Waals surface area (Å²) in [7, 11) is 0. The van der Waals surface area contributed by atoms with Gasteiger partial charge in [-0.05, 0) is 36.8 Å². The number of amides is 1. The van der Waals surface area contributed by atoms with Crippen LogP contribution < -0.4 is 4.74 Å². The molecular formula is C22H22N2O2. The molecule has 0 saturated carbocycles. The first-order valence-corrected chi connectivity index (χ1v) is 9.03. The highest BCUT2D eigenvalue weighted by atomic mass is 16.5. The average molecular weight is 346 g/mol. The van der Waals surface area contributed by atoms with E-state index in [-0.39, 0.29) is 5.91 Å². The molecule has 3 aromatic rings. The van der Waals surface area contributed by atoms with Crippen LogP contribution in [-0.2, 0) is 17.8 Å². The molecule has 2 heterocycles. The van der Waals surface area contributed by atoms with Gasteiger partial charge in [0, 0.05) is 47.7 Å². The minimum Gasteiger partial charge on any atom is -0.494 e. The Kier molecular flexibility index (Phi) is 4.48. The van der Waals surface area contributed by atoms with Crippen LogP contribution in [0, 0.1) is 0 Å². The SMILES string of the molecule is CCOc1ccc(/C=C/C(=O)N2CCc3[nH]c4ccccc4c3C2)cc1. The highest BCUT2D eigenvalue weighted by molar-refractivity contribution is 5.93. The number of nitrogens with zero attached hydrogens (tertiary/aromatic N) is 1. The van der Waals surface area contributed by atoms with Crippen molar-refractivity contribution < 1.29 is 9.53 Å². The molecule has 1 aromatic heterocycles. The molecule has 0 radical (unpaired) electrons. The minimum atomic E-state index is 0.0508. The number of carbonyl (C=O) groups is 1. The maximum atomic E-state index is 12.6. The number of para-hydroxylation sites is 1. The van der Waals surface area contributed by atoms with Crippen molar-refractivity contribution in [3.8, 4) is 5.75 Å². The molecule has 2 aromatic carbocycles.